The minimum atomic E-state index is -2.70. The van der Waals surface area contributed by atoms with Gasteiger partial charge < -0.3 is 10.0 Å². The standard InChI is InChI=1S/C16H25F2N3O2/c1-10-13(11(2)21(19-10)16(17)18)8-15(23)20(3)9-12-6-4-5-7-14(12)22/h12,14,16,22H,4-9H2,1-3H3. The molecule has 23 heavy (non-hydrogen) atoms. The van der Waals surface area contributed by atoms with Crippen molar-refractivity contribution in [3.8, 4) is 0 Å². The van der Waals surface area contributed by atoms with Gasteiger partial charge >= 0.3 is 6.55 Å². The van der Waals surface area contributed by atoms with Crippen molar-refractivity contribution in [1.29, 1.82) is 0 Å². The molecule has 2 rings (SSSR count). The highest BCUT2D eigenvalue weighted by Gasteiger charge is 2.26. The molecule has 5 nitrogen and oxygen atoms in total. The minimum Gasteiger partial charge on any atom is -0.393 e. The second-order valence-electron chi connectivity index (χ2n) is 6.43. The molecule has 1 amide bonds. The van der Waals surface area contributed by atoms with E-state index in [9.17, 15) is 18.7 Å². The lowest BCUT2D eigenvalue weighted by Gasteiger charge is -2.31. The third-order valence-corrected chi connectivity index (χ3v) is 4.79. The summed E-state index contributed by atoms with van der Waals surface area (Å²) in [4.78, 5) is 14.0. The van der Waals surface area contributed by atoms with Crippen molar-refractivity contribution in [2.75, 3.05) is 13.6 Å². The Bertz CT molecular complexity index is 560. The van der Waals surface area contributed by atoms with Gasteiger partial charge in [-0.15, -0.1) is 0 Å². The molecule has 0 bridgehead atoms. The molecule has 1 fully saturated rings. The van der Waals surface area contributed by atoms with Crippen molar-refractivity contribution < 1.29 is 18.7 Å². The molecule has 0 aromatic carbocycles. The van der Waals surface area contributed by atoms with E-state index in [1.54, 1.807) is 25.8 Å². The van der Waals surface area contributed by atoms with E-state index in [2.05, 4.69) is 5.10 Å². The van der Waals surface area contributed by atoms with Crippen LogP contribution in [0.15, 0.2) is 0 Å². The van der Waals surface area contributed by atoms with E-state index in [0.717, 1.165) is 25.7 Å². The van der Waals surface area contributed by atoms with Gasteiger partial charge in [0.25, 0.3) is 0 Å². The van der Waals surface area contributed by atoms with Gasteiger partial charge in [0, 0.05) is 30.8 Å². The highest BCUT2D eigenvalue weighted by atomic mass is 19.3. The normalized spacial score (nSPS) is 21.7. The maximum atomic E-state index is 12.8. The summed E-state index contributed by atoms with van der Waals surface area (Å²) < 4.78 is 26.3. The quantitative estimate of drug-likeness (QED) is 0.903. The van der Waals surface area contributed by atoms with Crippen LogP contribution in [-0.4, -0.2) is 45.4 Å². The van der Waals surface area contributed by atoms with Crippen LogP contribution in [0.25, 0.3) is 0 Å². The third-order valence-electron chi connectivity index (χ3n) is 4.79. The van der Waals surface area contributed by atoms with Crippen LogP contribution in [0.2, 0.25) is 0 Å². The number of carbonyl (C=O) groups excluding carboxylic acids is 1. The first-order valence-corrected chi connectivity index (χ1v) is 8.06. The SMILES string of the molecule is Cc1nn(C(F)F)c(C)c1CC(=O)N(C)CC1CCCCC1O. The van der Waals surface area contributed by atoms with Gasteiger partial charge in [-0.05, 0) is 26.7 Å². The summed E-state index contributed by atoms with van der Waals surface area (Å²) in [5, 5.41) is 13.8. The number of hydrogen-bond donors (Lipinski definition) is 1. The van der Waals surface area contributed by atoms with Crippen LogP contribution in [0, 0.1) is 19.8 Å². The maximum Gasteiger partial charge on any atom is 0.333 e. The van der Waals surface area contributed by atoms with Crippen molar-refractivity contribution in [3.63, 3.8) is 0 Å². The summed E-state index contributed by atoms with van der Waals surface area (Å²) in [7, 11) is 1.70. The molecule has 1 heterocycles. The van der Waals surface area contributed by atoms with Gasteiger partial charge in [0.1, 0.15) is 0 Å². The zero-order chi connectivity index (χ0) is 17.1. The molecule has 0 radical (unpaired) electrons. The third kappa shape index (κ3) is 4.07. The van der Waals surface area contributed by atoms with Crippen LogP contribution in [0.3, 0.4) is 0 Å². The number of aromatic nitrogens is 2. The Balaban J connectivity index is 2.01. The lowest BCUT2D eigenvalue weighted by Crippen LogP contribution is -2.38. The molecule has 2 unspecified atom stereocenters. The van der Waals surface area contributed by atoms with E-state index in [1.807, 2.05) is 0 Å². The van der Waals surface area contributed by atoms with Gasteiger partial charge in [-0.3, -0.25) is 4.79 Å². The molecular formula is C16H25F2N3O2. The lowest BCUT2D eigenvalue weighted by atomic mass is 9.86. The molecule has 1 aliphatic carbocycles. The van der Waals surface area contributed by atoms with Crippen LogP contribution >= 0.6 is 0 Å². The fourth-order valence-electron chi connectivity index (χ4n) is 3.28. The number of alkyl halides is 2. The molecule has 0 aliphatic heterocycles. The molecular weight excluding hydrogens is 304 g/mol. The monoisotopic (exact) mass is 329 g/mol. The van der Waals surface area contributed by atoms with Crippen molar-refractivity contribution in [2.24, 2.45) is 5.92 Å². The molecule has 1 aliphatic rings. The average molecular weight is 329 g/mol. The van der Waals surface area contributed by atoms with Crippen molar-refractivity contribution in [1.82, 2.24) is 14.7 Å². The largest absolute Gasteiger partial charge is 0.393 e. The Hall–Kier alpha value is -1.50. The number of likely N-dealkylation sites (N-methyl/N-ethyl adjacent to an activating group) is 1. The number of carbonyl (C=O) groups is 1. The summed E-state index contributed by atoms with van der Waals surface area (Å²) >= 11 is 0. The first-order chi connectivity index (χ1) is 10.8. The van der Waals surface area contributed by atoms with Crippen LogP contribution in [0.1, 0.15) is 49.2 Å². The molecule has 1 aromatic rings. The zero-order valence-electron chi connectivity index (χ0n) is 13.9. The highest BCUT2D eigenvalue weighted by molar-refractivity contribution is 5.79. The summed E-state index contributed by atoms with van der Waals surface area (Å²) in [6.07, 6.45) is 3.50. The number of rotatable bonds is 5. The van der Waals surface area contributed by atoms with Crippen LogP contribution in [-0.2, 0) is 11.2 Å². The van der Waals surface area contributed by atoms with Crippen LogP contribution in [0.5, 0.6) is 0 Å². The Labute approximate surface area is 135 Å². The zero-order valence-corrected chi connectivity index (χ0v) is 13.9. The van der Waals surface area contributed by atoms with Gasteiger partial charge in [-0.2, -0.15) is 13.9 Å². The predicted molar refractivity (Wildman–Crippen MR) is 82.3 cm³/mol. The number of aliphatic hydroxyl groups excluding tert-OH is 1. The Morgan fingerprint density at radius 2 is 2.04 bits per heavy atom. The Morgan fingerprint density at radius 3 is 2.61 bits per heavy atom. The van der Waals surface area contributed by atoms with E-state index in [1.165, 1.54) is 0 Å². The summed E-state index contributed by atoms with van der Waals surface area (Å²) in [6.45, 7) is 0.993. The van der Waals surface area contributed by atoms with Crippen molar-refractivity contribution >= 4 is 5.91 Å². The second kappa shape index (κ2) is 7.38. The number of aliphatic hydroxyl groups is 1. The number of aryl methyl sites for hydroxylation is 1. The summed E-state index contributed by atoms with van der Waals surface area (Å²) in [6, 6.07) is 0. The lowest BCUT2D eigenvalue weighted by molar-refractivity contribution is -0.130. The minimum absolute atomic E-state index is 0.0592. The van der Waals surface area contributed by atoms with Gasteiger partial charge in [-0.25, -0.2) is 4.68 Å². The van der Waals surface area contributed by atoms with E-state index < -0.39 is 6.55 Å². The second-order valence-corrected chi connectivity index (χ2v) is 6.43. The fourth-order valence-corrected chi connectivity index (χ4v) is 3.28. The average Bonchev–Trinajstić information content (AvgIpc) is 2.77. The first-order valence-electron chi connectivity index (χ1n) is 8.06. The van der Waals surface area contributed by atoms with Gasteiger partial charge in [0.15, 0.2) is 0 Å². The summed E-state index contributed by atoms with van der Waals surface area (Å²) in [5.41, 5.74) is 1.35. The number of nitrogens with zero attached hydrogens (tertiary/aromatic N) is 3. The highest BCUT2D eigenvalue weighted by Crippen LogP contribution is 2.25. The van der Waals surface area contributed by atoms with E-state index in [4.69, 9.17) is 0 Å². The molecule has 2 atom stereocenters. The molecule has 0 saturated heterocycles. The van der Waals surface area contributed by atoms with Gasteiger partial charge in [-0.1, -0.05) is 12.8 Å². The number of hydrogen-bond acceptors (Lipinski definition) is 3. The van der Waals surface area contributed by atoms with Crippen molar-refractivity contribution in [3.05, 3.63) is 17.0 Å². The maximum absolute atomic E-state index is 12.8. The molecule has 0 spiro atoms. The summed E-state index contributed by atoms with van der Waals surface area (Å²) in [5.74, 6) is -0.0357. The molecule has 7 heteroatoms. The fraction of sp³-hybridized carbons (Fsp3) is 0.750. The Morgan fingerprint density at radius 1 is 1.39 bits per heavy atom. The van der Waals surface area contributed by atoms with Crippen LogP contribution in [0.4, 0.5) is 8.78 Å². The van der Waals surface area contributed by atoms with E-state index in [0.29, 0.717) is 28.2 Å². The van der Waals surface area contributed by atoms with Crippen LogP contribution < -0.4 is 0 Å². The van der Waals surface area contributed by atoms with Gasteiger partial charge in [0.2, 0.25) is 5.91 Å². The Kier molecular flexibility index (Phi) is 5.73. The molecule has 1 saturated carbocycles. The smallest absolute Gasteiger partial charge is 0.333 e. The first kappa shape index (κ1) is 17.8. The van der Waals surface area contributed by atoms with E-state index in [-0.39, 0.29) is 24.3 Å². The van der Waals surface area contributed by atoms with Gasteiger partial charge in [0.05, 0.1) is 18.2 Å². The molecule has 1 N–H and O–H groups in total. The molecule has 1 aromatic heterocycles. The topological polar surface area (TPSA) is 58.4 Å². The predicted octanol–water partition coefficient (Wildman–Crippen LogP) is 2.45. The molecule has 130 valence electrons. The van der Waals surface area contributed by atoms with Crippen molar-refractivity contribution in [2.45, 2.75) is 58.6 Å². The number of amides is 1. The number of halogens is 2. The van der Waals surface area contributed by atoms with E-state index >= 15 is 0 Å².